The maximum atomic E-state index is 12.3. The molecule has 1 aromatic rings. The van der Waals surface area contributed by atoms with E-state index in [0.717, 1.165) is 26.2 Å². The Labute approximate surface area is 129 Å². The van der Waals surface area contributed by atoms with Gasteiger partial charge in [-0.1, -0.05) is 12.1 Å². The van der Waals surface area contributed by atoms with Crippen LogP contribution in [0.3, 0.4) is 0 Å². The molecule has 3 rings (SSSR count). The largest absolute Gasteiger partial charge is 0.339 e. The smallest absolute Gasteiger partial charge is 0.270 e. The van der Waals surface area contributed by atoms with Crippen LogP contribution in [0.2, 0.25) is 0 Å². The van der Waals surface area contributed by atoms with Gasteiger partial charge in [-0.2, -0.15) is 0 Å². The molecule has 0 aliphatic carbocycles. The van der Waals surface area contributed by atoms with Gasteiger partial charge in [0.25, 0.3) is 5.69 Å². The fourth-order valence-electron chi connectivity index (χ4n) is 3.30. The third-order valence-electron chi connectivity index (χ3n) is 4.30. The molecule has 2 aliphatic rings. The van der Waals surface area contributed by atoms with E-state index in [1.165, 1.54) is 24.6 Å². The van der Waals surface area contributed by atoms with E-state index in [1.807, 2.05) is 4.90 Å². The summed E-state index contributed by atoms with van der Waals surface area (Å²) in [5.41, 5.74) is 0.703. The SMILES string of the molecule is O=C(/C=C/c1cccc([N+](=O)[O-])c1)N1C[C@@H]2CNC[C@@H](C2)C1. The fraction of sp³-hybridized carbons (Fsp3) is 0.438. The zero-order valence-corrected chi connectivity index (χ0v) is 12.3. The van der Waals surface area contributed by atoms with Crippen LogP contribution in [0, 0.1) is 22.0 Å². The Morgan fingerprint density at radius 1 is 1.32 bits per heavy atom. The number of piperidine rings is 2. The van der Waals surface area contributed by atoms with Crippen molar-refractivity contribution in [3.05, 3.63) is 46.0 Å². The second-order valence-electron chi connectivity index (χ2n) is 6.05. The lowest BCUT2D eigenvalue weighted by Crippen LogP contribution is -2.52. The Hall–Kier alpha value is -2.21. The van der Waals surface area contributed by atoms with Crippen molar-refractivity contribution in [2.45, 2.75) is 6.42 Å². The molecule has 2 saturated heterocycles. The number of benzene rings is 1. The van der Waals surface area contributed by atoms with Gasteiger partial charge >= 0.3 is 0 Å². The van der Waals surface area contributed by atoms with E-state index >= 15 is 0 Å². The van der Waals surface area contributed by atoms with Crippen LogP contribution in [0.15, 0.2) is 30.3 Å². The highest BCUT2D eigenvalue weighted by Crippen LogP contribution is 2.24. The molecule has 1 amide bonds. The monoisotopic (exact) mass is 301 g/mol. The van der Waals surface area contributed by atoms with Crippen molar-refractivity contribution in [1.29, 1.82) is 0 Å². The van der Waals surface area contributed by atoms with Crippen molar-refractivity contribution in [2.75, 3.05) is 26.2 Å². The molecular weight excluding hydrogens is 282 g/mol. The number of likely N-dealkylation sites (tertiary alicyclic amines) is 1. The van der Waals surface area contributed by atoms with E-state index < -0.39 is 4.92 Å². The number of carbonyl (C=O) groups excluding carboxylic acids is 1. The summed E-state index contributed by atoms with van der Waals surface area (Å²) in [6.07, 6.45) is 4.37. The molecule has 2 bridgehead atoms. The zero-order chi connectivity index (χ0) is 15.5. The Morgan fingerprint density at radius 2 is 2.05 bits per heavy atom. The van der Waals surface area contributed by atoms with Crippen molar-refractivity contribution in [2.24, 2.45) is 11.8 Å². The molecule has 0 radical (unpaired) electrons. The fourth-order valence-corrected chi connectivity index (χ4v) is 3.30. The van der Waals surface area contributed by atoms with Gasteiger partial charge in [0.05, 0.1) is 4.92 Å². The number of non-ortho nitro benzene ring substituents is 1. The third kappa shape index (κ3) is 3.33. The third-order valence-corrected chi connectivity index (χ3v) is 4.30. The first-order chi connectivity index (χ1) is 10.6. The van der Waals surface area contributed by atoms with Crippen LogP contribution in [0.25, 0.3) is 6.08 Å². The molecule has 2 aliphatic heterocycles. The van der Waals surface area contributed by atoms with Gasteiger partial charge in [-0.05, 0) is 43.0 Å². The molecule has 0 unspecified atom stereocenters. The van der Waals surface area contributed by atoms with Gasteiger partial charge < -0.3 is 10.2 Å². The Bertz CT molecular complexity index is 602. The van der Waals surface area contributed by atoms with Crippen LogP contribution >= 0.6 is 0 Å². The van der Waals surface area contributed by atoms with Crippen LogP contribution in [-0.4, -0.2) is 41.9 Å². The predicted molar refractivity (Wildman–Crippen MR) is 83.2 cm³/mol. The van der Waals surface area contributed by atoms with Crippen LogP contribution in [0.1, 0.15) is 12.0 Å². The first-order valence-corrected chi connectivity index (χ1v) is 7.54. The van der Waals surface area contributed by atoms with Crippen LogP contribution in [0.5, 0.6) is 0 Å². The summed E-state index contributed by atoms with van der Waals surface area (Å²) >= 11 is 0. The molecular formula is C16H19N3O3. The van der Waals surface area contributed by atoms with Crippen LogP contribution in [0.4, 0.5) is 5.69 Å². The van der Waals surface area contributed by atoms with E-state index in [-0.39, 0.29) is 11.6 Å². The Balaban J connectivity index is 1.66. The minimum atomic E-state index is -0.433. The number of amides is 1. The van der Waals surface area contributed by atoms with Crippen LogP contribution < -0.4 is 5.32 Å². The van der Waals surface area contributed by atoms with Gasteiger partial charge in [0, 0.05) is 31.3 Å². The molecule has 6 heteroatoms. The van der Waals surface area contributed by atoms with Crippen LogP contribution in [-0.2, 0) is 4.79 Å². The van der Waals surface area contributed by atoms with Gasteiger partial charge in [-0.15, -0.1) is 0 Å². The average Bonchev–Trinajstić information content (AvgIpc) is 2.52. The highest BCUT2D eigenvalue weighted by atomic mass is 16.6. The quantitative estimate of drug-likeness (QED) is 0.523. The molecule has 6 nitrogen and oxygen atoms in total. The van der Waals surface area contributed by atoms with E-state index in [0.29, 0.717) is 17.4 Å². The number of hydrogen-bond acceptors (Lipinski definition) is 4. The number of fused-ring (bicyclic) bond motifs is 2. The Morgan fingerprint density at radius 3 is 2.73 bits per heavy atom. The Kier molecular flexibility index (Phi) is 4.20. The number of nitrogens with one attached hydrogen (secondary N) is 1. The number of nitro groups is 1. The molecule has 0 aromatic heterocycles. The number of carbonyl (C=O) groups is 1. The lowest BCUT2D eigenvalue weighted by Gasteiger charge is -2.41. The minimum absolute atomic E-state index is 0.0110. The zero-order valence-electron chi connectivity index (χ0n) is 12.3. The maximum Gasteiger partial charge on any atom is 0.270 e. The molecule has 1 N–H and O–H groups in total. The summed E-state index contributed by atoms with van der Waals surface area (Å²) in [6, 6.07) is 6.29. The summed E-state index contributed by atoms with van der Waals surface area (Å²) in [4.78, 5) is 24.5. The second kappa shape index (κ2) is 6.27. The van der Waals surface area contributed by atoms with Crippen molar-refractivity contribution in [1.82, 2.24) is 10.2 Å². The van der Waals surface area contributed by atoms with Crippen molar-refractivity contribution >= 4 is 17.7 Å². The normalized spacial score (nSPS) is 24.5. The predicted octanol–water partition coefficient (Wildman–Crippen LogP) is 1.68. The number of hydrogen-bond donors (Lipinski definition) is 1. The first kappa shape index (κ1) is 14.7. The highest BCUT2D eigenvalue weighted by Gasteiger charge is 2.31. The minimum Gasteiger partial charge on any atom is -0.339 e. The molecule has 1 aromatic carbocycles. The number of nitro benzene ring substituents is 1. The standard InChI is InChI=1S/C16H19N3O3/c20-16(18-10-13-6-14(11-18)9-17-8-13)5-4-12-2-1-3-15(7-12)19(21)22/h1-5,7,13-14,17H,6,8-11H2/b5-4+/t13-,14+. The average molecular weight is 301 g/mol. The molecule has 2 fully saturated rings. The summed E-state index contributed by atoms with van der Waals surface area (Å²) in [5.74, 6) is 1.08. The molecule has 0 saturated carbocycles. The van der Waals surface area contributed by atoms with Crippen molar-refractivity contribution in [3.63, 3.8) is 0 Å². The summed E-state index contributed by atoms with van der Waals surface area (Å²) in [5, 5.41) is 14.2. The van der Waals surface area contributed by atoms with Gasteiger partial charge in [0.15, 0.2) is 0 Å². The van der Waals surface area contributed by atoms with Crippen molar-refractivity contribution in [3.8, 4) is 0 Å². The summed E-state index contributed by atoms with van der Waals surface area (Å²) in [6.45, 7) is 3.55. The molecule has 22 heavy (non-hydrogen) atoms. The summed E-state index contributed by atoms with van der Waals surface area (Å²) in [7, 11) is 0. The molecule has 0 spiro atoms. The van der Waals surface area contributed by atoms with Gasteiger partial charge in [0.2, 0.25) is 5.91 Å². The van der Waals surface area contributed by atoms with Gasteiger partial charge in [0.1, 0.15) is 0 Å². The summed E-state index contributed by atoms with van der Waals surface area (Å²) < 4.78 is 0. The topological polar surface area (TPSA) is 75.5 Å². The van der Waals surface area contributed by atoms with Gasteiger partial charge in [-0.3, -0.25) is 14.9 Å². The molecule has 2 heterocycles. The molecule has 116 valence electrons. The number of nitrogens with zero attached hydrogens (tertiary/aromatic N) is 2. The maximum absolute atomic E-state index is 12.3. The van der Waals surface area contributed by atoms with Crippen molar-refractivity contribution < 1.29 is 9.72 Å². The number of rotatable bonds is 3. The van der Waals surface area contributed by atoms with E-state index in [2.05, 4.69) is 5.32 Å². The molecule has 2 atom stereocenters. The van der Waals surface area contributed by atoms with Gasteiger partial charge in [-0.25, -0.2) is 0 Å². The van der Waals surface area contributed by atoms with E-state index in [4.69, 9.17) is 0 Å². The van der Waals surface area contributed by atoms with E-state index in [1.54, 1.807) is 18.2 Å². The first-order valence-electron chi connectivity index (χ1n) is 7.54. The lowest BCUT2D eigenvalue weighted by molar-refractivity contribution is -0.384. The second-order valence-corrected chi connectivity index (χ2v) is 6.05. The lowest BCUT2D eigenvalue weighted by atomic mass is 9.86. The van der Waals surface area contributed by atoms with E-state index in [9.17, 15) is 14.9 Å². The highest BCUT2D eigenvalue weighted by molar-refractivity contribution is 5.92.